The first-order valence-electron chi connectivity index (χ1n) is 45.1. The first-order valence-corrected chi connectivity index (χ1v) is 45.1. The lowest BCUT2D eigenvalue weighted by Gasteiger charge is -2.24. The van der Waals surface area contributed by atoms with Gasteiger partial charge in [-0.1, -0.05) is 168 Å². The molecule has 6 aromatic carbocycles. The Morgan fingerprint density at radius 3 is 0.975 bits per heavy atom. The molecule has 14 nitrogen and oxygen atoms in total. The number of ketones is 10. The molecule has 15 rings (SSSR count). The Morgan fingerprint density at radius 2 is 0.653 bits per heavy atom. The zero-order valence-corrected chi connectivity index (χ0v) is 75.0. The van der Waals surface area contributed by atoms with Crippen molar-refractivity contribution >= 4 is 69.3 Å². The molecule has 1 N–H and O–H groups in total. The Hall–Kier alpha value is -9.37. The van der Waals surface area contributed by atoms with Gasteiger partial charge in [-0.3, -0.25) is 47.9 Å². The minimum absolute atomic E-state index is 0.000576. The molecular formula is C106H131FN2O12. The predicted molar refractivity (Wildman–Crippen MR) is 477 cm³/mol. The van der Waals surface area contributed by atoms with Crippen LogP contribution in [-0.2, 0) is 59.2 Å². The molecule has 644 valence electrons. The predicted octanol–water partition coefficient (Wildman–Crippen LogP) is 22.5. The van der Waals surface area contributed by atoms with Crippen molar-refractivity contribution in [2.24, 2.45) is 57.7 Å². The second-order valence-electron chi connectivity index (χ2n) is 37.8. The van der Waals surface area contributed by atoms with Gasteiger partial charge >= 0.3 is 0 Å². The van der Waals surface area contributed by atoms with Crippen molar-refractivity contribution < 1.29 is 62.4 Å². The number of Topliss-reactive ketones (excluding diaryl/α,β-unsaturated/α-hetero) is 10. The van der Waals surface area contributed by atoms with E-state index in [2.05, 4.69) is 85.7 Å². The van der Waals surface area contributed by atoms with Crippen LogP contribution in [0.3, 0.4) is 0 Å². The van der Waals surface area contributed by atoms with Crippen molar-refractivity contribution in [1.82, 2.24) is 0 Å². The van der Waals surface area contributed by atoms with Crippen LogP contribution in [0.1, 0.15) is 313 Å². The third kappa shape index (κ3) is 22.4. The van der Waals surface area contributed by atoms with E-state index in [-0.39, 0.29) is 93.7 Å². The molecule has 15 heteroatoms. The van der Waals surface area contributed by atoms with E-state index in [0.717, 1.165) is 201 Å². The summed E-state index contributed by atoms with van der Waals surface area (Å²) < 4.78 is 13.0. The lowest BCUT2D eigenvalue weighted by Crippen LogP contribution is -2.21. The van der Waals surface area contributed by atoms with Crippen LogP contribution in [0, 0.1) is 157 Å². The van der Waals surface area contributed by atoms with Crippen molar-refractivity contribution in [3.8, 4) is 0 Å². The molecule has 0 saturated heterocycles. The van der Waals surface area contributed by atoms with Gasteiger partial charge in [0.2, 0.25) is 0 Å². The van der Waals surface area contributed by atoms with Crippen molar-refractivity contribution in [2.45, 2.75) is 307 Å². The van der Waals surface area contributed by atoms with Gasteiger partial charge in [-0.05, 0) is 324 Å². The fourth-order valence-corrected chi connectivity index (χ4v) is 22.7. The molecule has 0 radical (unpaired) electrons. The number of rotatable bonds is 15. The van der Waals surface area contributed by atoms with Gasteiger partial charge in [0.05, 0.1) is 11.4 Å². The lowest BCUT2D eigenvalue weighted by atomic mass is 9.80. The van der Waals surface area contributed by atoms with Gasteiger partial charge in [0, 0.05) is 55.8 Å². The monoisotopic (exact) mass is 1640 g/mol. The maximum Gasteiger partial charge on any atom is 0.173 e. The minimum atomic E-state index is -0.643. The Balaban J connectivity index is 0.000000148. The number of nitrogens with zero attached hydrogens (tertiary/aromatic N) is 2. The zero-order valence-electron chi connectivity index (χ0n) is 75.0. The quantitative estimate of drug-likeness (QED) is 0.0439. The van der Waals surface area contributed by atoms with Crippen LogP contribution in [0.25, 0.3) is 0 Å². The summed E-state index contributed by atoms with van der Waals surface area (Å²) >= 11 is 0. The molecule has 9 saturated carbocycles. The van der Waals surface area contributed by atoms with E-state index in [1.54, 1.807) is 19.2 Å². The lowest BCUT2D eigenvalue weighted by molar-refractivity contribution is -0.126. The first kappa shape index (κ1) is 92.4. The van der Waals surface area contributed by atoms with Crippen LogP contribution in [-0.4, -0.2) is 81.6 Å². The average Bonchev–Trinajstić information content (AvgIpc) is 1.71. The van der Waals surface area contributed by atoms with Crippen LogP contribution < -0.4 is 0 Å². The summed E-state index contributed by atoms with van der Waals surface area (Å²) in [5, 5.41) is 16.2. The zero-order chi connectivity index (χ0) is 87.5. The van der Waals surface area contributed by atoms with Crippen molar-refractivity contribution in [2.75, 3.05) is 7.11 Å². The molecule has 0 aliphatic heterocycles. The highest BCUT2D eigenvalue weighted by atomic mass is 19.1. The SMILES string of the molecule is CON=C1CCC(CC2CC(=O)C(c3c(C)cc(C)cc3C)C2=O)CC1.Cc1cc(C)c(C2C(=O)C/C(=C\C3CCCCC3)C2=O)c(C)c1.Cc1cc(C)c(C2C(=O)CC(CC3CCC(=NO)CC3)C2=O)c(C)c1.Cc1cc(C)c(C2C(=O)CC(CC3CCCCC3)C2=O)c(C)c1.Cc1cc(C)c(C2C(=O)CC(Cc3ccc(F)cc3)C2=O)c(C)c1. The highest BCUT2D eigenvalue weighted by Crippen LogP contribution is 2.46. The maximum absolute atomic E-state index is 13.1. The molecule has 9 unspecified atom stereocenters. The second kappa shape index (κ2) is 41.2. The van der Waals surface area contributed by atoms with Crippen LogP contribution >= 0.6 is 0 Å². The largest absolute Gasteiger partial charge is 0.411 e. The van der Waals surface area contributed by atoms with Crippen LogP contribution in [0.4, 0.5) is 4.39 Å². The molecule has 121 heavy (non-hydrogen) atoms. The van der Waals surface area contributed by atoms with E-state index < -0.39 is 29.6 Å². The van der Waals surface area contributed by atoms with Gasteiger partial charge in [-0.25, -0.2) is 4.39 Å². The van der Waals surface area contributed by atoms with Gasteiger partial charge < -0.3 is 10.0 Å². The van der Waals surface area contributed by atoms with Gasteiger partial charge in [0.25, 0.3) is 0 Å². The van der Waals surface area contributed by atoms with Crippen LogP contribution in [0.2, 0.25) is 0 Å². The highest BCUT2D eigenvalue weighted by molar-refractivity contribution is 6.23. The molecular weight excluding hydrogens is 1510 g/mol. The molecule has 9 aliphatic carbocycles. The number of benzene rings is 6. The molecule has 0 bridgehead atoms. The first-order chi connectivity index (χ1) is 57.6. The smallest absolute Gasteiger partial charge is 0.173 e. The van der Waals surface area contributed by atoms with E-state index in [4.69, 9.17) is 10.0 Å². The molecule has 9 aliphatic rings. The summed E-state index contributed by atoms with van der Waals surface area (Å²) in [5.41, 5.74) is 24.7. The Labute approximate surface area is 718 Å². The molecule has 6 aromatic rings. The number of hydrogen-bond acceptors (Lipinski definition) is 14. The molecule has 0 aromatic heterocycles. The minimum Gasteiger partial charge on any atom is -0.411 e. The molecule has 9 atom stereocenters. The topological polar surface area (TPSA) is 225 Å². The molecule has 9 fully saturated rings. The van der Waals surface area contributed by atoms with Crippen molar-refractivity contribution in [3.63, 3.8) is 0 Å². The standard InChI is InChI=1S/C22H29NO3.C21H21FO2.C21H27NO3.C21H28O2.C21H26O2/c1-13-9-14(2)20(15(3)10-13)21-19(24)12-17(22(21)25)11-16-5-7-18(8-6-16)23-26-4;1-12-8-13(2)19(14(3)9-12)20-18(23)11-16(21(20)24)10-15-4-6-17(22)7-5-15;1-12-8-13(2)19(14(3)9-12)20-18(23)11-16(21(20)24)10-15-4-6-17(22-25)7-5-15;2*1-13-9-14(2)19(15(3)10-13)20-18(22)12-17(21(20)23)11-16-7-5-4-6-8-16/h9-10,16-17,21H,5-8,11-12H2,1-4H3;4-9,16,20H,10-11H2,1-3H3;8-9,15-16,20,25H,4-7,10-11H2,1-3H3;9-10,16-17,20H,4-8,11-12H2,1-3H3;9-11,16,20H,4-8,12H2,1-3H3/b;;;;17-11+. The van der Waals surface area contributed by atoms with E-state index in [9.17, 15) is 52.3 Å². The number of allylic oxidation sites excluding steroid dienone is 2. The van der Waals surface area contributed by atoms with Crippen LogP contribution in [0.5, 0.6) is 0 Å². The Bertz CT molecular complexity index is 4900. The van der Waals surface area contributed by atoms with E-state index in [1.807, 2.05) is 95.2 Å². The second-order valence-corrected chi connectivity index (χ2v) is 37.8. The van der Waals surface area contributed by atoms with Gasteiger partial charge in [0.1, 0.15) is 65.6 Å². The Morgan fingerprint density at radius 1 is 0.364 bits per heavy atom. The molecule has 0 spiro atoms. The van der Waals surface area contributed by atoms with Crippen molar-refractivity contribution in [3.05, 3.63) is 219 Å². The molecule has 0 heterocycles. The van der Waals surface area contributed by atoms with Gasteiger partial charge in [-0.2, -0.15) is 0 Å². The number of hydrogen-bond donors (Lipinski definition) is 1. The summed E-state index contributed by atoms with van der Waals surface area (Å²) in [6.45, 7) is 30.3. The summed E-state index contributed by atoms with van der Waals surface area (Å²) in [4.78, 5) is 133. The number of carbonyl (C=O) groups excluding carboxylic acids is 10. The third-order valence-corrected chi connectivity index (χ3v) is 28.0. The fourth-order valence-electron chi connectivity index (χ4n) is 22.7. The van der Waals surface area contributed by atoms with Gasteiger partial charge in [-0.15, -0.1) is 0 Å². The number of carbonyl (C=O) groups is 10. The van der Waals surface area contributed by atoms with E-state index in [1.165, 1.54) is 80.2 Å². The summed E-state index contributed by atoms with van der Waals surface area (Å²) in [6, 6.07) is 26.8. The van der Waals surface area contributed by atoms with Crippen LogP contribution in [0.15, 0.2) is 107 Å². The number of aryl methyl sites for hydroxylation is 15. The van der Waals surface area contributed by atoms with E-state index in [0.29, 0.717) is 55.8 Å². The number of halogens is 1. The van der Waals surface area contributed by atoms with E-state index >= 15 is 0 Å². The average molecular weight is 1640 g/mol. The summed E-state index contributed by atoms with van der Waals surface area (Å²) in [5.74, 6) is -0.699. The van der Waals surface area contributed by atoms with Crippen molar-refractivity contribution in [1.29, 1.82) is 0 Å². The highest BCUT2D eigenvalue weighted by Gasteiger charge is 2.48. The third-order valence-electron chi connectivity index (χ3n) is 28.0. The fraction of sp³-hybridized carbons (Fsp3) is 0.528. The molecule has 0 amide bonds. The summed E-state index contributed by atoms with van der Waals surface area (Å²) in [7, 11) is 1.58. The van der Waals surface area contributed by atoms with Gasteiger partial charge in [0.15, 0.2) is 34.7 Å². The maximum atomic E-state index is 13.1. The normalized spacial score (nSPS) is 25.0. The summed E-state index contributed by atoms with van der Waals surface area (Å²) in [6.07, 6.45) is 27.0. The number of oxime groups is 2. The Kier molecular flexibility index (Phi) is 31.5.